The maximum atomic E-state index is 12.3. The van der Waals surface area contributed by atoms with Gasteiger partial charge in [-0.15, -0.1) is 0 Å². The van der Waals surface area contributed by atoms with Gasteiger partial charge in [-0.25, -0.2) is 4.79 Å². The van der Waals surface area contributed by atoms with Crippen molar-refractivity contribution in [2.45, 2.75) is 13.3 Å². The number of benzene rings is 2. The Morgan fingerprint density at radius 1 is 1.17 bits per heavy atom. The van der Waals surface area contributed by atoms with Crippen molar-refractivity contribution in [2.24, 2.45) is 0 Å². The molecule has 0 atom stereocenters. The van der Waals surface area contributed by atoms with Gasteiger partial charge in [0.15, 0.2) is 5.57 Å². The molecule has 0 radical (unpaired) electrons. The van der Waals surface area contributed by atoms with E-state index < -0.39 is 11.9 Å². The lowest BCUT2D eigenvalue weighted by molar-refractivity contribution is -0.138. The molecule has 6 heteroatoms. The van der Waals surface area contributed by atoms with Crippen LogP contribution in [0.15, 0.2) is 47.7 Å². The first-order chi connectivity index (χ1) is 11.6. The minimum absolute atomic E-state index is 0.0959. The van der Waals surface area contributed by atoms with E-state index in [-0.39, 0.29) is 17.9 Å². The van der Waals surface area contributed by atoms with E-state index in [0.717, 1.165) is 10.8 Å². The van der Waals surface area contributed by atoms with Crippen LogP contribution in [0.5, 0.6) is 0 Å². The molecular formula is C18H15N3O3. The predicted octanol–water partition coefficient (Wildman–Crippen LogP) is 2.93. The number of ether oxygens (including phenoxy) is 1. The monoisotopic (exact) mass is 321 g/mol. The Bertz CT molecular complexity index is 909. The van der Waals surface area contributed by atoms with E-state index in [9.17, 15) is 14.9 Å². The van der Waals surface area contributed by atoms with Gasteiger partial charge in [0.1, 0.15) is 11.8 Å². The molecule has 2 N–H and O–H groups in total. The second-order valence-electron chi connectivity index (χ2n) is 5.32. The molecule has 0 aliphatic carbocycles. The van der Waals surface area contributed by atoms with Crippen molar-refractivity contribution in [1.82, 2.24) is 0 Å². The second kappa shape index (κ2) is 6.42. The summed E-state index contributed by atoms with van der Waals surface area (Å²) in [4.78, 5) is 24.3. The van der Waals surface area contributed by atoms with Gasteiger partial charge in [0.25, 0.3) is 5.91 Å². The molecule has 3 rings (SSSR count). The number of esters is 1. The molecule has 0 aromatic heterocycles. The number of hydrogen-bond donors (Lipinski definition) is 2. The summed E-state index contributed by atoms with van der Waals surface area (Å²) in [6.45, 7) is 2.04. The summed E-state index contributed by atoms with van der Waals surface area (Å²) in [6, 6.07) is 13.2. The average Bonchev–Trinajstić information content (AvgIpc) is 2.59. The minimum Gasteiger partial charge on any atom is -0.462 e. The summed E-state index contributed by atoms with van der Waals surface area (Å²) >= 11 is 0. The van der Waals surface area contributed by atoms with Gasteiger partial charge in [0.2, 0.25) is 0 Å². The van der Waals surface area contributed by atoms with Crippen LogP contribution in [-0.4, -0.2) is 18.5 Å². The molecule has 0 unspecified atom stereocenters. The number of amides is 1. The fraction of sp³-hybridized carbons (Fsp3) is 0.167. The van der Waals surface area contributed by atoms with Gasteiger partial charge in [0, 0.05) is 0 Å². The van der Waals surface area contributed by atoms with Crippen molar-refractivity contribution in [1.29, 1.82) is 5.26 Å². The highest BCUT2D eigenvalue weighted by Crippen LogP contribution is 2.33. The third kappa shape index (κ3) is 2.79. The van der Waals surface area contributed by atoms with Crippen LogP contribution < -0.4 is 10.6 Å². The molecule has 0 saturated carbocycles. The zero-order valence-corrected chi connectivity index (χ0v) is 13.1. The van der Waals surface area contributed by atoms with E-state index in [1.54, 1.807) is 6.07 Å². The molecule has 24 heavy (non-hydrogen) atoms. The number of anilines is 2. The highest BCUT2D eigenvalue weighted by Gasteiger charge is 2.27. The summed E-state index contributed by atoms with van der Waals surface area (Å²) in [7, 11) is 0. The molecule has 6 nitrogen and oxygen atoms in total. The molecule has 2 aromatic carbocycles. The smallest absolute Gasteiger partial charge is 0.351 e. The van der Waals surface area contributed by atoms with E-state index in [1.165, 1.54) is 0 Å². The molecule has 1 heterocycles. The largest absolute Gasteiger partial charge is 0.462 e. The third-order valence-electron chi connectivity index (χ3n) is 3.62. The number of carbonyl (C=O) groups is 2. The number of nitrogens with one attached hydrogen (secondary N) is 2. The highest BCUT2D eigenvalue weighted by atomic mass is 16.5. The van der Waals surface area contributed by atoms with Crippen LogP contribution in [0.4, 0.5) is 11.4 Å². The van der Waals surface area contributed by atoms with Gasteiger partial charge in [-0.3, -0.25) is 4.79 Å². The zero-order valence-electron chi connectivity index (χ0n) is 13.1. The number of fused-ring (bicyclic) bond motifs is 2. The SMILES string of the molecule is CCCOC(=O)/C(C#N)=C1/Nc2cc3ccccc3cc2NC1=O. The number of nitrogens with zero attached hydrogens (tertiary/aromatic N) is 1. The highest BCUT2D eigenvalue weighted by molar-refractivity contribution is 6.17. The first-order valence-corrected chi connectivity index (χ1v) is 7.56. The fourth-order valence-electron chi connectivity index (χ4n) is 2.47. The molecule has 0 bridgehead atoms. The summed E-state index contributed by atoms with van der Waals surface area (Å²) in [5.41, 5.74) is 0.794. The van der Waals surface area contributed by atoms with Crippen LogP contribution in [0.1, 0.15) is 13.3 Å². The van der Waals surface area contributed by atoms with Gasteiger partial charge >= 0.3 is 5.97 Å². The van der Waals surface area contributed by atoms with Crippen molar-refractivity contribution in [2.75, 3.05) is 17.2 Å². The predicted molar refractivity (Wildman–Crippen MR) is 90.1 cm³/mol. The minimum atomic E-state index is -0.804. The molecule has 0 fully saturated rings. The second-order valence-corrected chi connectivity index (χ2v) is 5.32. The first-order valence-electron chi connectivity index (χ1n) is 7.56. The molecule has 1 aliphatic heterocycles. The number of nitriles is 1. The zero-order chi connectivity index (χ0) is 17.1. The van der Waals surface area contributed by atoms with Gasteiger partial charge in [-0.1, -0.05) is 31.2 Å². The fourth-order valence-corrected chi connectivity index (χ4v) is 2.47. The number of carbonyl (C=O) groups excluding carboxylic acids is 2. The molecule has 1 amide bonds. The molecule has 120 valence electrons. The topological polar surface area (TPSA) is 91.2 Å². The molecule has 0 spiro atoms. The van der Waals surface area contributed by atoms with Crippen LogP contribution in [0.25, 0.3) is 10.8 Å². The standard InChI is InChI=1S/C18H15N3O3/c1-2-7-24-18(23)13(10-19)16-17(22)21-15-9-12-6-4-3-5-11(12)8-14(15)20-16/h3-6,8-9,20H,2,7H2,1H3,(H,21,22)/b16-13+. The van der Waals surface area contributed by atoms with E-state index in [0.29, 0.717) is 17.8 Å². The van der Waals surface area contributed by atoms with Crippen molar-refractivity contribution in [3.63, 3.8) is 0 Å². The average molecular weight is 321 g/mol. The summed E-state index contributed by atoms with van der Waals surface area (Å²) in [5, 5.41) is 16.8. The Morgan fingerprint density at radius 3 is 2.38 bits per heavy atom. The van der Waals surface area contributed by atoms with Crippen molar-refractivity contribution >= 4 is 34.0 Å². The maximum absolute atomic E-state index is 12.3. The van der Waals surface area contributed by atoms with Crippen LogP contribution in [-0.2, 0) is 14.3 Å². The lowest BCUT2D eigenvalue weighted by Crippen LogP contribution is -2.29. The Hall–Kier alpha value is -3.33. The summed E-state index contributed by atoms with van der Waals surface area (Å²) in [6.07, 6.45) is 0.633. The molecule has 2 aromatic rings. The maximum Gasteiger partial charge on any atom is 0.351 e. The van der Waals surface area contributed by atoms with E-state index in [4.69, 9.17) is 4.74 Å². The quantitative estimate of drug-likeness (QED) is 0.515. The van der Waals surface area contributed by atoms with Crippen LogP contribution >= 0.6 is 0 Å². The van der Waals surface area contributed by atoms with Crippen molar-refractivity contribution in [3.05, 3.63) is 47.7 Å². The van der Waals surface area contributed by atoms with Crippen molar-refractivity contribution in [3.8, 4) is 6.07 Å². The van der Waals surface area contributed by atoms with E-state index in [2.05, 4.69) is 10.6 Å². The Balaban J connectivity index is 2.03. The Morgan fingerprint density at radius 2 is 1.79 bits per heavy atom. The van der Waals surface area contributed by atoms with Gasteiger partial charge in [-0.05, 0) is 29.3 Å². The lowest BCUT2D eigenvalue weighted by Gasteiger charge is -2.22. The Labute approximate surface area is 138 Å². The van der Waals surface area contributed by atoms with E-state index in [1.807, 2.05) is 43.3 Å². The van der Waals surface area contributed by atoms with E-state index >= 15 is 0 Å². The van der Waals surface area contributed by atoms with Gasteiger partial charge in [-0.2, -0.15) is 5.26 Å². The van der Waals surface area contributed by atoms with Crippen LogP contribution in [0, 0.1) is 11.3 Å². The number of hydrogen-bond acceptors (Lipinski definition) is 5. The number of rotatable bonds is 3. The summed E-state index contributed by atoms with van der Waals surface area (Å²) < 4.78 is 4.96. The summed E-state index contributed by atoms with van der Waals surface area (Å²) in [5.74, 6) is -1.34. The van der Waals surface area contributed by atoms with Crippen LogP contribution in [0.3, 0.4) is 0 Å². The van der Waals surface area contributed by atoms with Crippen molar-refractivity contribution < 1.29 is 14.3 Å². The third-order valence-corrected chi connectivity index (χ3v) is 3.62. The molecule has 0 saturated heterocycles. The normalized spacial score (nSPS) is 14.9. The molecular weight excluding hydrogens is 306 g/mol. The first kappa shape index (κ1) is 15.6. The van der Waals surface area contributed by atoms with Crippen LogP contribution in [0.2, 0.25) is 0 Å². The molecule has 1 aliphatic rings. The van der Waals surface area contributed by atoms with Gasteiger partial charge in [0.05, 0.1) is 18.0 Å². The van der Waals surface area contributed by atoms with Gasteiger partial charge < -0.3 is 15.4 Å². The Kier molecular flexibility index (Phi) is 4.17. The lowest BCUT2D eigenvalue weighted by atomic mass is 10.1.